The number of ether oxygens (including phenoxy) is 1. The summed E-state index contributed by atoms with van der Waals surface area (Å²) in [5.74, 6) is -0.128. The Kier molecular flexibility index (Phi) is 6.24. The molecule has 0 spiro atoms. The van der Waals surface area contributed by atoms with Crippen LogP contribution in [-0.2, 0) is 21.9 Å². The van der Waals surface area contributed by atoms with E-state index >= 15 is 0 Å². The van der Waals surface area contributed by atoms with Gasteiger partial charge in [0.1, 0.15) is 5.75 Å². The summed E-state index contributed by atoms with van der Waals surface area (Å²) < 4.78 is 35.7. The van der Waals surface area contributed by atoms with Crippen molar-refractivity contribution in [2.75, 3.05) is 20.2 Å². The third-order valence-corrected chi connectivity index (χ3v) is 9.04. The van der Waals surface area contributed by atoms with Crippen molar-refractivity contribution in [3.63, 3.8) is 0 Å². The summed E-state index contributed by atoms with van der Waals surface area (Å²) in [6.07, 6.45) is 1.25. The Bertz CT molecular complexity index is 1340. The van der Waals surface area contributed by atoms with Gasteiger partial charge in [-0.15, -0.1) is 0 Å². The third-order valence-electron chi connectivity index (χ3n) is 6.06. The van der Waals surface area contributed by atoms with E-state index in [2.05, 4.69) is 31.0 Å². The van der Waals surface area contributed by atoms with Crippen LogP contribution < -0.4 is 9.54 Å². The van der Waals surface area contributed by atoms with Crippen molar-refractivity contribution in [3.05, 3.63) is 52.3 Å². The van der Waals surface area contributed by atoms with Gasteiger partial charge in [-0.05, 0) is 74.2 Å². The fraction of sp³-hybridized carbons (Fsp3) is 0.391. The Morgan fingerprint density at radius 1 is 1.16 bits per heavy atom. The van der Waals surface area contributed by atoms with Crippen molar-refractivity contribution in [3.8, 4) is 5.75 Å². The number of hydrogen-bond acceptors (Lipinski definition) is 5. The zero-order valence-corrected chi connectivity index (χ0v) is 20.3. The maximum absolute atomic E-state index is 13.1. The van der Waals surface area contributed by atoms with E-state index in [0.29, 0.717) is 29.9 Å². The van der Waals surface area contributed by atoms with Crippen LogP contribution in [0.3, 0.4) is 0 Å². The molecule has 0 bridgehead atoms. The van der Waals surface area contributed by atoms with Crippen LogP contribution in [-0.4, -0.2) is 43.4 Å². The van der Waals surface area contributed by atoms with Crippen molar-refractivity contribution in [1.82, 2.24) is 8.87 Å². The number of thiazole rings is 1. The first-order valence-electron chi connectivity index (χ1n) is 10.5. The number of aromatic nitrogens is 1. The monoisotopic (exact) mass is 473 g/mol. The van der Waals surface area contributed by atoms with Crippen molar-refractivity contribution >= 4 is 37.5 Å². The summed E-state index contributed by atoms with van der Waals surface area (Å²) in [4.78, 5) is 18.2. The second kappa shape index (κ2) is 8.80. The Morgan fingerprint density at radius 3 is 2.53 bits per heavy atom. The van der Waals surface area contributed by atoms with Gasteiger partial charge in [-0.1, -0.05) is 11.3 Å². The minimum Gasteiger partial charge on any atom is -0.497 e. The van der Waals surface area contributed by atoms with Crippen LogP contribution in [0.15, 0.2) is 46.3 Å². The zero-order chi connectivity index (χ0) is 23.0. The van der Waals surface area contributed by atoms with Gasteiger partial charge in [0, 0.05) is 20.1 Å². The van der Waals surface area contributed by atoms with Crippen LogP contribution in [0.25, 0.3) is 10.2 Å². The van der Waals surface area contributed by atoms with E-state index in [4.69, 9.17) is 4.74 Å². The number of sulfonamides is 1. The first-order chi connectivity index (χ1) is 15.2. The highest BCUT2D eigenvalue weighted by atomic mass is 32.2. The molecule has 3 aromatic rings. The Labute approximate surface area is 192 Å². The molecule has 1 aliphatic rings. The fourth-order valence-electron chi connectivity index (χ4n) is 3.93. The predicted octanol–water partition coefficient (Wildman–Crippen LogP) is 3.39. The summed E-state index contributed by atoms with van der Waals surface area (Å²) in [5.41, 5.74) is 3.43. The van der Waals surface area contributed by atoms with Gasteiger partial charge in [-0.25, -0.2) is 8.42 Å². The average molecular weight is 474 g/mol. The molecule has 4 rings (SSSR count). The number of methoxy groups -OCH3 is 1. The van der Waals surface area contributed by atoms with Crippen LogP contribution >= 0.6 is 11.3 Å². The van der Waals surface area contributed by atoms with Gasteiger partial charge in [-0.2, -0.15) is 9.30 Å². The lowest BCUT2D eigenvalue weighted by atomic mass is 9.99. The number of piperidine rings is 1. The first kappa shape index (κ1) is 22.7. The number of fused-ring (bicyclic) bond motifs is 1. The van der Waals surface area contributed by atoms with E-state index in [1.807, 2.05) is 11.6 Å². The molecule has 170 valence electrons. The summed E-state index contributed by atoms with van der Waals surface area (Å²) in [6.45, 7) is 4.67. The van der Waals surface area contributed by atoms with Gasteiger partial charge >= 0.3 is 0 Å². The quantitative estimate of drug-likeness (QED) is 0.582. The normalized spacial score (nSPS) is 18.2. The molecule has 1 aliphatic heterocycles. The molecular weight excluding hydrogens is 446 g/mol. The highest BCUT2D eigenvalue weighted by Crippen LogP contribution is 2.26. The molecule has 0 aliphatic carbocycles. The lowest BCUT2D eigenvalue weighted by Gasteiger charge is -2.30. The molecule has 1 unspecified atom stereocenters. The Morgan fingerprint density at radius 2 is 1.84 bits per heavy atom. The Hall–Kier alpha value is -2.49. The van der Waals surface area contributed by atoms with E-state index in [0.717, 1.165) is 10.2 Å². The van der Waals surface area contributed by atoms with E-state index in [-0.39, 0.29) is 17.3 Å². The summed E-state index contributed by atoms with van der Waals surface area (Å²) in [7, 11) is -0.245. The highest BCUT2D eigenvalue weighted by molar-refractivity contribution is 7.89. The second-order valence-electron chi connectivity index (χ2n) is 8.18. The molecule has 2 heterocycles. The van der Waals surface area contributed by atoms with Crippen LogP contribution in [0.1, 0.15) is 24.0 Å². The maximum Gasteiger partial charge on any atom is 0.252 e. The van der Waals surface area contributed by atoms with Gasteiger partial charge in [0.2, 0.25) is 10.0 Å². The Balaban J connectivity index is 1.58. The van der Waals surface area contributed by atoms with Gasteiger partial charge in [0.05, 0.1) is 28.1 Å². The summed E-state index contributed by atoms with van der Waals surface area (Å²) >= 11 is 1.48. The van der Waals surface area contributed by atoms with E-state index < -0.39 is 15.9 Å². The third kappa shape index (κ3) is 4.24. The van der Waals surface area contributed by atoms with Crippen molar-refractivity contribution in [2.24, 2.45) is 18.0 Å². The molecular formula is C23H27N3O4S2. The van der Waals surface area contributed by atoms with Gasteiger partial charge < -0.3 is 9.30 Å². The standard InChI is InChI=1S/C23H27N3O4S2/c1-15-12-20-21(13-16(15)2)31-23(25(20)3)24-22(27)17-6-5-11-26(14-17)32(28,29)19-9-7-18(30-4)8-10-19/h7-10,12-13,17H,5-6,11,14H2,1-4H3. The fourth-order valence-corrected chi connectivity index (χ4v) is 6.56. The number of rotatable bonds is 4. The van der Waals surface area contributed by atoms with E-state index in [1.165, 1.54) is 46.0 Å². The molecule has 7 nitrogen and oxygen atoms in total. The van der Waals surface area contributed by atoms with Crippen LogP contribution in [0, 0.1) is 19.8 Å². The van der Waals surface area contributed by atoms with Gasteiger partial charge in [-0.3, -0.25) is 4.79 Å². The van der Waals surface area contributed by atoms with Crippen LogP contribution in [0.5, 0.6) is 5.75 Å². The smallest absolute Gasteiger partial charge is 0.252 e. The first-order valence-corrected chi connectivity index (χ1v) is 12.8. The molecule has 2 aromatic carbocycles. The minimum absolute atomic E-state index is 0.142. The second-order valence-corrected chi connectivity index (χ2v) is 11.1. The molecule has 0 radical (unpaired) electrons. The molecule has 1 aromatic heterocycles. The average Bonchev–Trinajstić information content (AvgIpc) is 3.08. The molecule has 1 fully saturated rings. The maximum atomic E-state index is 13.1. The number of nitrogens with zero attached hydrogens (tertiary/aromatic N) is 3. The largest absolute Gasteiger partial charge is 0.497 e. The molecule has 32 heavy (non-hydrogen) atoms. The number of carbonyl (C=O) groups excluding carboxylic acids is 1. The van der Waals surface area contributed by atoms with Crippen LogP contribution in [0.2, 0.25) is 0 Å². The van der Waals surface area contributed by atoms with Gasteiger partial charge in [0.25, 0.3) is 5.91 Å². The number of hydrogen-bond donors (Lipinski definition) is 0. The number of carbonyl (C=O) groups is 1. The van der Waals surface area contributed by atoms with E-state index in [9.17, 15) is 13.2 Å². The van der Waals surface area contributed by atoms with Crippen molar-refractivity contribution in [2.45, 2.75) is 31.6 Å². The number of aryl methyl sites for hydroxylation is 3. The summed E-state index contributed by atoms with van der Waals surface area (Å²) in [6, 6.07) is 10.5. The van der Waals surface area contributed by atoms with Gasteiger partial charge in [0.15, 0.2) is 4.80 Å². The number of benzene rings is 2. The lowest BCUT2D eigenvalue weighted by molar-refractivity contribution is -0.122. The lowest BCUT2D eigenvalue weighted by Crippen LogP contribution is -2.42. The highest BCUT2D eigenvalue weighted by Gasteiger charge is 2.33. The predicted molar refractivity (Wildman–Crippen MR) is 125 cm³/mol. The topological polar surface area (TPSA) is 81.0 Å². The van der Waals surface area contributed by atoms with Crippen LogP contribution in [0.4, 0.5) is 0 Å². The summed E-state index contributed by atoms with van der Waals surface area (Å²) in [5, 5.41) is 0. The SMILES string of the molecule is COc1ccc(S(=O)(=O)N2CCCC(C(=O)N=c3sc4cc(C)c(C)cc4n3C)C2)cc1. The van der Waals surface area contributed by atoms with Crippen molar-refractivity contribution < 1.29 is 17.9 Å². The molecule has 0 N–H and O–H groups in total. The minimum atomic E-state index is -3.68. The van der Waals surface area contributed by atoms with E-state index in [1.54, 1.807) is 12.1 Å². The molecule has 9 heteroatoms. The molecule has 0 saturated carbocycles. The molecule has 1 atom stereocenters. The zero-order valence-electron chi connectivity index (χ0n) is 18.7. The molecule has 1 saturated heterocycles. The molecule has 1 amide bonds. The number of amides is 1. The van der Waals surface area contributed by atoms with Crippen molar-refractivity contribution in [1.29, 1.82) is 0 Å².